The van der Waals surface area contributed by atoms with E-state index in [2.05, 4.69) is 68.4 Å². The van der Waals surface area contributed by atoms with Gasteiger partial charge in [-0.25, -0.2) is 0 Å². The van der Waals surface area contributed by atoms with Gasteiger partial charge in [0.25, 0.3) is 0 Å². The van der Waals surface area contributed by atoms with Gasteiger partial charge in [0.15, 0.2) is 0 Å². The van der Waals surface area contributed by atoms with Gasteiger partial charge >= 0.3 is 0 Å². The summed E-state index contributed by atoms with van der Waals surface area (Å²) in [6.07, 6.45) is 13.6. The summed E-state index contributed by atoms with van der Waals surface area (Å²) in [6, 6.07) is 20.2. The van der Waals surface area contributed by atoms with Crippen molar-refractivity contribution in [1.82, 2.24) is 0 Å². The first kappa shape index (κ1) is 27.4. The molecule has 0 radical (unpaired) electrons. The number of nitriles is 1. The second kappa shape index (κ2) is 13.3. The fourth-order valence-corrected chi connectivity index (χ4v) is 6.69. The lowest BCUT2D eigenvalue weighted by molar-refractivity contribution is -0.128. The number of unbranched alkanes of at least 4 members (excludes halogenated alkanes) is 3. The summed E-state index contributed by atoms with van der Waals surface area (Å²) < 4.78 is 5.89. The van der Waals surface area contributed by atoms with E-state index < -0.39 is 0 Å². The highest BCUT2D eigenvalue weighted by Crippen LogP contribution is 2.51. The molecule has 2 aromatic carbocycles. The Labute approximate surface area is 224 Å². The molecule has 0 aliphatic heterocycles. The fourth-order valence-electron chi connectivity index (χ4n) is 6.69. The van der Waals surface area contributed by atoms with E-state index in [4.69, 9.17) is 4.74 Å². The number of carbonyl (C=O) groups is 1. The monoisotopic (exact) mass is 499 g/mol. The zero-order valence-corrected chi connectivity index (χ0v) is 23.0. The predicted octanol–water partition coefficient (Wildman–Crippen LogP) is 9.27. The van der Waals surface area contributed by atoms with Crippen LogP contribution in [-0.4, -0.2) is 12.4 Å². The molecule has 2 aliphatic rings. The van der Waals surface area contributed by atoms with Gasteiger partial charge in [-0.1, -0.05) is 75.9 Å². The van der Waals surface area contributed by atoms with E-state index in [9.17, 15) is 10.1 Å². The van der Waals surface area contributed by atoms with E-state index in [0.29, 0.717) is 18.1 Å². The Kier molecular flexibility index (Phi) is 9.84. The first-order valence-corrected chi connectivity index (χ1v) is 14.9. The molecule has 0 saturated heterocycles. The van der Waals surface area contributed by atoms with E-state index in [-0.39, 0.29) is 17.3 Å². The van der Waals surface area contributed by atoms with Gasteiger partial charge in [-0.2, -0.15) is 5.26 Å². The summed E-state index contributed by atoms with van der Waals surface area (Å²) in [5.41, 5.74) is 3.51. The number of ketones is 1. The van der Waals surface area contributed by atoms with Crippen LogP contribution in [0.25, 0.3) is 11.1 Å². The van der Waals surface area contributed by atoms with Gasteiger partial charge in [-0.3, -0.25) is 4.79 Å². The molecule has 0 spiro atoms. The van der Waals surface area contributed by atoms with E-state index in [1.165, 1.54) is 36.0 Å². The van der Waals surface area contributed by atoms with Crippen molar-refractivity contribution in [2.24, 2.45) is 17.3 Å². The normalized spacial score (nSPS) is 26.0. The minimum Gasteiger partial charge on any atom is -0.494 e. The zero-order valence-electron chi connectivity index (χ0n) is 23.0. The molecule has 0 N–H and O–H groups in total. The van der Waals surface area contributed by atoms with Crippen molar-refractivity contribution in [2.45, 2.75) is 103 Å². The van der Waals surface area contributed by atoms with Gasteiger partial charge in [0, 0.05) is 12.3 Å². The SMILES string of the molecule is CCCCCCOc1ccc(-c2ccc(C3CCC(C#N)([C@@H]4CC[C@@H](CCC)C(=O)C4)CC3)cc2)cc1. The molecular weight excluding hydrogens is 454 g/mol. The summed E-state index contributed by atoms with van der Waals surface area (Å²) >= 11 is 0. The molecule has 2 aliphatic carbocycles. The van der Waals surface area contributed by atoms with Crippen molar-refractivity contribution in [1.29, 1.82) is 5.26 Å². The molecule has 0 heterocycles. The summed E-state index contributed by atoms with van der Waals surface area (Å²) in [5.74, 6) is 2.36. The average molecular weight is 500 g/mol. The highest BCUT2D eigenvalue weighted by atomic mass is 16.5. The fraction of sp³-hybridized carbons (Fsp3) is 0.588. The van der Waals surface area contributed by atoms with Gasteiger partial charge in [0.1, 0.15) is 11.5 Å². The summed E-state index contributed by atoms with van der Waals surface area (Å²) in [5, 5.41) is 10.2. The van der Waals surface area contributed by atoms with Crippen molar-refractivity contribution in [3.63, 3.8) is 0 Å². The minimum absolute atomic E-state index is 0.242. The maximum atomic E-state index is 12.7. The highest BCUT2D eigenvalue weighted by molar-refractivity contribution is 5.82. The molecular formula is C34H45NO2. The van der Waals surface area contributed by atoms with Crippen LogP contribution in [0, 0.1) is 28.6 Å². The van der Waals surface area contributed by atoms with Crippen LogP contribution in [0.2, 0.25) is 0 Å². The molecule has 198 valence electrons. The van der Waals surface area contributed by atoms with Crippen LogP contribution in [0.1, 0.15) is 109 Å². The number of Topliss-reactive ketones (excluding diaryl/α,β-unsaturated/α-hetero) is 1. The van der Waals surface area contributed by atoms with E-state index in [1.54, 1.807) is 0 Å². The third-order valence-electron chi connectivity index (χ3n) is 9.12. The van der Waals surface area contributed by atoms with Crippen molar-refractivity contribution in [2.75, 3.05) is 6.61 Å². The number of benzene rings is 2. The molecule has 3 nitrogen and oxygen atoms in total. The van der Waals surface area contributed by atoms with Crippen molar-refractivity contribution in [3.8, 4) is 22.9 Å². The summed E-state index contributed by atoms with van der Waals surface area (Å²) in [7, 11) is 0. The lowest BCUT2D eigenvalue weighted by Gasteiger charge is -2.43. The van der Waals surface area contributed by atoms with Crippen LogP contribution in [0.15, 0.2) is 48.5 Å². The number of ether oxygens (including phenoxy) is 1. The Balaban J connectivity index is 1.30. The first-order chi connectivity index (χ1) is 18.1. The molecule has 0 aromatic heterocycles. The van der Waals surface area contributed by atoms with Gasteiger partial charge < -0.3 is 4.74 Å². The molecule has 0 amide bonds. The predicted molar refractivity (Wildman–Crippen MR) is 152 cm³/mol. The maximum absolute atomic E-state index is 12.7. The van der Waals surface area contributed by atoms with Crippen LogP contribution in [0.4, 0.5) is 0 Å². The Morgan fingerprint density at radius 1 is 0.865 bits per heavy atom. The number of rotatable bonds is 11. The van der Waals surface area contributed by atoms with Crippen LogP contribution in [0.3, 0.4) is 0 Å². The molecule has 2 fully saturated rings. The lowest BCUT2D eigenvalue weighted by atomic mass is 9.59. The topological polar surface area (TPSA) is 50.1 Å². The van der Waals surface area contributed by atoms with Gasteiger partial charge in [0.2, 0.25) is 0 Å². The van der Waals surface area contributed by atoms with Crippen LogP contribution in [0.5, 0.6) is 5.75 Å². The third-order valence-corrected chi connectivity index (χ3v) is 9.12. The van der Waals surface area contributed by atoms with Gasteiger partial charge in [-0.15, -0.1) is 0 Å². The first-order valence-electron chi connectivity index (χ1n) is 14.9. The Bertz CT molecular complexity index is 1020. The maximum Gasteiger partial charge on any atom is 0.136 e. The molecule has 0 unspecified atom stereocenters. The van der Waals surface area contributed by atoms with E-state index in [0.717, 1.165) is 70.1 Å². The van der Waals surface area contributed by atoms with Gasteiger partial charge in [0.05, 0.1) is 18.1 Å². The Morgan fingerprint density at radius 2 is 1.54 bits per heavy atom. The van der Waals surface area contributed by atoms with Crippen molar-refractivity contribution in [3.05, 3.63) is 54.1 Å². The third kappa shape index (κ3) is 6.84. The number of hydrogen-bond donors (Lipinski definition) is 0. The smallest absolute Gasteiger partial charge is 0.136 e. The molecule has 3 heteroatoms. The quantitative estimate of drug-likeness (QED) is 0.289. The standard InChI is InChI=1S/C34H45NO2/c1-3-5-6-7-23-37-32-17-14-28(15-18-32)26-9-11-27(12-10-26)29-19-21-34(25-35,22-20-29)31-16-13-30(8-4-2)33(36)24-31/h9-12,14-15,17-18,29-31H,3-8,13,16,19-24H2,1-2H3/t29?,30-,31-,34?/m1/s1. The Morgan fingerprint density at radius 3 is 2.14 bits per heavy atom. The largest absolute Gasteiger partial charge is 0.494 e. The molecule has 0 bridgehead atoms. The zero-order chi connectivity index (χ0) is 26.1. The number of hydrogen-bond acceptors (Lipinski definition) is 3. The molecule has 2 saturated carbocycles. The van der Waals surface area contributed by atoms with Gasteiger partial charge in [-0.05, 0) is 92.0 Å². The van der Waals surface area contributed by atoms with Crippen LogP contribution < -0.4 is 4.74 Å². The van der Waals surface area contributed by atoms with Crippen molar-refractivity contribution < 1.29 is 9.53 Å². The second-order valence-electron chi connectivity index (χ2n) is 11.5. The van der Waals surface area contributed by atoms with Crippen LogP contribution in [-0.2, 0) is 4.79 Å². The molecule has 37 heavy (non-hydrogen) atoms. The highest BCUT2D eigenvalue weighted by Gasteiger charge is 2.45. The molecule has 2 aromatic rings. The minimum atomic E-state index is -0.302. The van der Waals surface area contributed by atoms with E-state index in [1.807, 2.05) is 0 Å². The van der Waals surface area contributed by atoms with Crippen molar-refractivity contribution >= 4 is 5.78 Å². The summed E-state index contributed by atoms with van der Waals surface area (Å²) in [4.78, 5) is 12.7. The van der Waals surface area contributed by atoms with E-state index >= 15 is 0 Å². The molecule has 2 atom stereocenters. The average Bonchev–Trinajstić information content (AvgIpc) is 2.95. The lowest BCUT2D eigenvalue weighted by Crippen LogP contribution is -2.38. The summed E-state index contributed by atoms with van der Waals surface area (Å²) in [6.45, 7) is 5.18. The molecule has 4 rings (SSSR count). The Hall–Kier alpha value is -2.60. The number of nitrogens with zero attached hydrogens (tertiary/aromatic N) is 1. The number of carbonyl (C=O) groups excluding carboxylic acids is 1. The van der Waals surface area contributed by atoms with Crippen LogP contribution >= 0.6 is 0 Å². The second-order valence-corrected chi connectivity index (χ2v) is 11.5.